The number of hydrogen-bond acceptors (Lipinski definition) is 3. The molecular formula is C19H31N5O2. The highest BCUT2D eigenvalue weighted by Crippen LogP contribution is 2.43. The molecule has 0 aromatic carbocycles. The monoisotopic (exact) mass is 361 g/mol. The standard InChI is InChI=1S/C19H31N5O2/c1-13-6-16(20-3)24(10-13)17(25)9-21-19(2)7-14-11-23(12-15(14)8-19)18(26)22(4)5/h13-16,21H,6-12H2,1-2,4-5H3/t13-,14-,15+,16-,19?/m0/s1. The van der Waals surface area contributed by atoms with Gasteiger partial charge in [-0.15, -0.1) is 0 Å². The summed E-state index contributed by atoms with van der Waals surface area (Å²) in [5, 5.41) is 3.48. The number of carbonyl (C=O) groups excluding carboxylic acids is 2. The van der Waals surface area contributed by atoms with Crippen molar-refractivity contribution in [3.05, 3.63) is 11.4 Å². The second-order valence-electron chi connectivity index (χ2n) is 8.92. The van der Waals surface area contributed by atoms with Gasteiger partial charge in [-0.3, -0.25) is 14.5 Å². The van der Waals surface area contributed by atoms with Crippen LogP contribution in [0.3, 0.4) is 0 Å². The van der Waals surface area contributed by atoms with Gasteiger partial charge in [0.05, 0.1) is 6.54 Å². The van der Waals surface area contributed by atoms with Gasteiger partial charge in [0.2, 0.25) is 5.91 Å². The third-order valence-corrected chi connectivity index (χ3v) is 6.27. The van der Waals surface area contributed by atoms with Gasteiger partial charge in [0.1, 0.15) is 0 Å². The van der Waals surface area contributed by atoms with E-state index >= 15 is 0 Å². The lowest BCUT2D eigenvalue weighted by molar-refractivity contribution is -0.130. The zero-order valence-electron chi connectivity index (χ0n) is 16.4. The molecular weight excluding hydrogens is 330 g/mol. The maximum absolute atomic E-state index is 12.6. The fraction of sp³-hybridized carbons (Fsp3) is 0.842. The molecule has 0 aromatic heterocycles. The van der Waals surface area contributed by atoms with Crippen LogP contribution in [0.15, 0.2) is 0 Å². The van der Waals surface area contributed by atoms with E-state index in [4.69, 9.17) is 6.57 Å². The quantitative estimate of drug-likeness (QED) is 0.775. The van der Waals surface area contributed by atoms with E-state index in [0.717, 1.165) is 32.4 Å². The summed E-state index contributed by atoms with van der Waals surface area (Å²) in [6.45, 7) is 14.2. The summed E-state index contributed by atoms with van der Waals surface area (Å²) < 4.78 is 0. The van der Waals surface area contributed by atoms with Crippen molar-refractivity contribution >= 4 is 11.9 Å². The highest BCUT2D eigenvalue weighted by molar-refractivity contribution is 5.79. The van der Waals surface area contributed by atoms with E-state index in [9.17, 15) is 9.59 Å². The zero-order chi connectivity index (χ0) is 19.1. The molecule has 7 heteroatoms. The van der Waals surface area contributed by atoms with Gasteiger partial charge in [0, 0.05) is 45.7 Å². The summed E-state index contributed by atoms with van der Waals surface area (Å²) in [7, 11) is 3.59. The first-order valence-corrected chi connectivity index (χ1v) is 9.59. The third-order valence-electron chi connectivity index (χ3n) is 6.27. The maximum atomic E-state index is 12.6. The van der Waals surface area contributed by atoms with Gasteiger partial charge in [-0.1, -0.05) is 6.92 Å². The van der Waals surface area contributed by atoms with Gasteiger partial charge in [0.25, 0.3) is 0 Å². The lowest BCUT2D eigenvalue weighted by atomic mass is 9.98. The van der Waals surface area contributed by atoms with Crippen molar-refractivity contribution in [2.45, 2.75) is 44.8 Å². The number of fused-ring (bicyclic) bond motifs is 1. The van der Waals surface area contributed by atoms with Gasteiger partial charge in [-0.25, -0.2) is 11.4 Å². The molecule has 1 aliphatic carbocycles. The van der Waals surface area contributed by atoms with Crippen molar-refractivity contribution in [3.8, 4) is 0 Å². The van der Waals surface area contributed by atoms with Crippen molar-refractivity contribution in [3.63, 3.8) is 0 Å². The molecule has 26 heavy (non-hydrogen) atoms. The van der Waals surface area contributed by atoms with Gasteiger partial charge >= 0.3 is 12.2 Å². The maximum Gasteiger partial charge on any atom is 0.319 e. The van der Waals surface area contributed by atoms with Gasteiger partial charge in [-0.05, 0) is 37.5 Å². The summed E-state index contributed by atoms with van der Waals surface area (Å²) in [4.78, 5) is 33.7. The molecule has 3 fully saturated rings. The van der Waals surface area contributed by atoms with E-state index in [2.05, 4.69) is 24.0 Å². The van der Waals surface area contributed by atoms with Crippen LogP contribution in [-0.2, 0) is 4.79 Å². The normalized spacial score (nSPS) is 36.1. The minimum absolute atomic E-state index is 0.0399. The van der Waals surface area contributed by atoms with E-state index in [1.807, 2.05) is 4.90 Å². The first kappa shape index (κ1) is 19.0. The summed E-state index contributed by atoms with van der Waals surface area (Å²) in [5.41, 5.74) is -0.0583. The molecule has 2 aliphatic heterocycles. The van der Waals surface area contributed by atoms with E-state index in [0.29, 0.717) is 30.8 Å². The van der Waals surface area contributed by atoms with Crippen LogP contribution in [-0.4, -0.2) is 78.6 Å². The molecule has 2 saturated heterocycles. The Hall–Kier alpha value is -1.81. The molecule has 0 aromatic rings. The number of nitrogens with one attached hydrogen (secondary N) is 1. The largest absolute Gasteiger partial charge is 0.331 e. The SMILES string of the molecule is [C-]#[N+][C@@H]1C[C@H](C)CN1C(=O)CNC1(C)C[C@H]2CN(C(=O)N(C)C)C[C@H]2C1. The van der Waals surface area contributed by atoms with Crippen molar-refractivity contribution in [1.82, 2.24) is 20.0 Å². The minimum atomic E-state index is -0.291. The number of urea groups is 1. The Morgan fingerprint density at radius 1 is 1.23 bits per heavy atom. The van der Waals surface area contributed by atoms with Crippen molar-refractivity contribution in [2.75, 3.05) is 40.3 Å². The Bertz CT molecular complexity index is 600. The molecule has 144 valence electrons. The zero-order valence-corrected chi connectivity index (χ0v) is 16.4. The molecule has 7 nitrogen and oxygen atoms in total. The van der Waals surface area contributed by atoms with Crippen molar-refractivity contribution in [2.24, 2.45) is 17.8 Å². The molecule has 0 spiro atoms. The fourth-order valence-electron chi connectivity index (χ4n) is 5.03. The topological polar surface area (TPSA) is 60.3 Å². The summed E-state index contributed by atoms with van der Waals surface area (Å²) in [6.07, 6.45) is 2.47. The van der Waals surface area contributed by atoms with Gasteiger partial charge in [-0.2, -0.15) is 0 Å². The second kappa shape index (κ2) is 7.07. The number of carbonyl (C=O) groups is 2. The molecule has 0 bridgehead atoms. The van der Waals surface area contributed by atoms with Crippen molar-refractivity contribution in [1.29, 1.82) is 0 Å². The predicted octanol–water partition coefficient (Wildman–Crippen LogP) is 1.47. The van der Waals surface area contributed by atoms with Crippen LogP contribution in [0.4, 0.5) is 4.79 Å². The molecule has 1 saturated carbocycles. The van der Waals surface area contributed by atoms with Crippen LogP contribution in [0.2, 0.25) is 0 Å². The molecule has 0 radical (unpaired) electrons. The Morgan fingerprint density at radius 2 is 1.85 bits per heavy atom. The van der Waals surface area contributed by atoms with Crippen LogP contribution >= 0.6 is 0 Å². The smallest absolute Gasteiger partial charge is 0.319 e. The van der Waals surface area contributed by atoms with Crippen LogP contribution in [0.25, 0.3) is 4.85 Å². The Balaban J connectivity index is 1.51. The van der Waals surface area contributed by atoms with Crippen LogP contribution in [0.1, 0.15) is 33.1 Å². The molecule has 3 amide bonds. The van der Waals surface area contributed by atoms with E-state index in [-0.39, 0.29) is 23.6 Å². The average molecular weight is 361 g/mol. The number of nitrogens with zero attached hydrogens (tertiary/aromatic N) is 4. The highest BCUT2D eigenvalue weighted by atomic mass is 16.2. The first-order valence-electron chi connectivity index (χ1n) is 9.59. The average Bonchev–Trinajstić information content (AvgIpc) is 3.22. The Morgan fingerprint density at radius 3 is 2.38 bits per heavy atom. The Kier molecular flexibility index (Phi) is 5.16. The van der Waals surface area contributed by atoms with Gasteiger partial charge in [0.15, 0.2) is 0 Å². The third kappa shape index (κ3) is 3.66. The summed E-state index contributed by atoms with van der Waals surface area (Å²) >= 11 is 0. The minimum Gasteiger partial charge on any atom is -0.331 e. The number of amides is 3. The van der Waals surface area contributed by atoms with Gasteiger partial charge < -0.3 is 15.1 Å². The number of likely N-dealkylation sites (tertiary alicyclic amines) is 2. The fourth-order valence-corrected chi connectivity index (χ4v) is 5.03. The molecule has 3 aliphatic rings. The first-order chi connectivity index (χ1) is 12.2. The summed E-state index contributed by atoms with van der Waals surface area (Å²) in [6, 6.07) is 0.0950. The molecule has 1 unspecified atom stereocenters. The van der Waals surface area contributed by atoms with Crippen LogP contribution in [0, 0.1) is 24.3 Å². The molecule has 5 atom stereocenters. The van der Waals surface area contributed by atoms with E-state index in [1.165, 1.54) is 0 Å². The van der Waals surface area contributed by atoms with E-state index < -0.39 is 0 Å². The second-order valence-corrected chi connectivity index (χ2v) is 8.92. The lowest BCUT2D eigenvalue weighted by Gasteiger charge is -2.30. The lowest BCUT2D eigenvalue weighted by Crippen LogP contribution is -2.48. The molecule has 2 heterocycles. The van der Waals surface area contributed by atoms with E-state index in [1.54, 1.807) is 23.9 Å². The Labute approximate surface area is 156 Å². The summed E-state index contributed by atoms with van der Waals surface area (Å²) in [5.74, 6) is 1.46. The number of hydrogen-bond donors (Lipinski definition) is 1. The predicted molar refractivity (Wildman–Crippen MR) is 99.2 cm³/mol. The molecule has 3 rings (SSSR count). The molecule has 1 N–H and O–H groups in total. The number of rotatable bonds is 3. The van der Waals surface area contributed by atoms with Crippen LogP contribution in [0.5, 0.6) is 0 Å². The van der Waals surface area contributed by atoms with Crippen LogP contribution < -0.4 is 5.32 Å². The highest BCUT2D eigenvalue weighted by Gasteiger charge is 2.48. The van der Waals surface area contributed by atoms with Crippen molar-refractivity contribution < 1.29 is 9.59 Å².